The van der Waals surface area contributed by atoms with Crippen molar-refractivity contribution in [1.29, 1.82) is 0 Å². The van der Waals surface area contributed by atoms with Gasteiger partial charge in [0.1, 0.15) is 0 Å². The molecule has 1 rings (SSSR count). The van der Waals surface area contributed by atoms with E-state index in [4.69, 9.17) is 0 Å². The minimum absolute atomic E-state index is 0.0802. The normalized spacial score (nSPS) is 11.7. The van der Waals surface area contributed by atoms with E-state index < -0.39 is 0 Å². The third kappa shape index (κ3) is 3.76. The maximum absolute atomic E-state index is 10.5. The Morgan fingerprint density at radius 3 is 2.56 bits per heavy atom. The molecule has 0 bridgehead atoms. The number of aliphatic hydroxyl groups is 1. The van der Waals surface area contributed by atoms with Crippen molar-refractivity contribution in [1.82, 2.24) is 5.32 Å². The molecule has 18 heavy (non-hydrogen) atoms. The maximum atomic E-state index is 10.5. The lowest BCUT2D eigenvalue weighted by atomic mass is 9.83. The molecule has 1 aromatic heterocycles. The van der Waals surface area contributed by atoms with E-state index in [0.29, 0.717) is 6.54 Å². The third-order valence-corrected chi connectivity index (χ3v) is 4.50. The van der Waals surface area contributed by atoms with E-state index in [2.05, 4.69) is 19.2 Å². The fourth-order valence-corrected chi connectivity index (χ4v) is 2.58. The first-order chi connectivity index (χ1) is 8.56. The quantitative estimate of drug-likeness (QED) is 0.563. The number of rotatable bonds is 8. The number of nitrogens with zero attached hydrogens (tertiary/aromatic N) is 1. The highest BCUT2D eigenvalue weighted by Crippen LogP contribution is 2.26. The Labute approximate surface area is 111 Å². The zero-order chi connectivity index (χ0) is 13.6. The van der Waals surface area contributed by atoms with Crippen molar-refractivity contribution < 1.29 is 10.0 Å². The van der Waals surface area contributed by atoms with Crippen LogP contribution in [-0.2, 0) is 6.54 Å². The summed E-state index contributed by atoms with van der Waals surface area (Å²) in [5, 5.41) is 23.4. The fraction of sp³-hybridized carbons (Fsp3) is 0.667. The van der Waals surface area contributed by atoms with Crippen molar-refractivity contribution in [2.75, 3.05) is 13.2 Å². The summed E-state index contributed by atoms with van der Waals surface area (Å²) in [5.41, 5.74) is -0.0802. The van der Waals surface area contributed by atoms with Gasteiger partial charge in [0, 0.05) is 36.1 Å². The summed E-state index contributed by atoms with van der Waals surface area (Å²) in [6, 6.07) is 3.30. The Hall–Kier alpha value is -0.980. The second-order valence-corrected chi connectivity index (χ2v) is 5.61. The summed E-state index contributed by atoms with van der Waals surface area (Å²) in [4.78, 5) is 11.1. The van der Waals surface area contributed by atoms with Gasteiger partial charge in [-0.3, -0.25) is 10.1 Å². The lowest BCUT2D eigenvalue weighted by molar-refractivity contribution is -0.380. The van der Waals surface area contributed by atoms with Crippen LogP contribution in [0.15, 0.2) is 12.1 Å². The van der Waals surface area contributed by atoms with Crippen LogP contribution in [0, 0.1) is 15.5 Å². The van der Waals surface area contributed by atoms with E-state index in [-0.39, 0.29) is 21.9 Å². The van der Waals surface area contributed by atoms with Crippen LogP contribution < -0.4 is 5.32 Å². The fourth-order valence-electron chi connectivity index (χ4n) is 1.79. The summed E-state index contributed by atoms with van der Waals surface area (Å²) in [5.74, 6) is 0. The minimum Gasteiger partial charge on any atom is -0.396 e. The van der Waals surface area contributed by atoms with Crippen LogP contribution in [0.5, 0.6) is 0 Å². The van der Waals surface area contributed by atoms with Gasteiger partial charge in [0.15, 0.2) is 0 Å². The number of thiophene rings is 1. The molecule has 0 aliphatic rings. The molecule has 1 aromatic rings. The summed E-state index contributed by atoms with van der Waals surface area (Å²) >= 11 is 1.19. The second-order valence-electron chi connectivity index (χ2n) is 4.47. The number of hydrogen-bond acceptors (Lipinski definition) is 5. The Morgan fingerprint density at radius 2 is 2.11 bits per heavy atom. The number of nitro groups is 1. The lowest BCUT2D eigenvalue weighted by Crippen LogP contribution is -2.36. The predicted molar refractivity (Wildman–Crippen MR) is 72.8 cm³/mol. The van der Waals surface area contributed by atoms with E-state index in [1.807, 2.05) is 0 Å². The molecule has 2 N–H and O–H groups in total. The van der Waals surface area contributed by atoms with Gasteiger partial charge in [-0.2, -0.15) is 0 Å². The van der Waals surface area contributed by atoms with Crippen LogP contribution in [0.25, 0.3) is 0 Å². The summed E-state index contributed by atoms with van der Waals surface area (Å²) in [6.07, 6.45) is 1.83. The number of nitrogens with one attached hydrogen (secondary N) is 1. The Kier molecular flexibility index (Phi) is 5.71. The molecule has 0 radical (unpaired) electrons. The van der Waals surface area contributed by atoms with Crippen molar-refractivity contribution in [2.45, 2.75) is 33.2 Å². The molecule has 102 valence electrons. The predicted octanol–water partition coefficient (Wildman–Crippen LogP) is 2.54. The average Bonchev–Trinajstić information content (AvgIpc) is 2.84. The van der Waals surface area contributed by atoms with Crippen LogP contribution in [0.2, 0.25) is 0 Å². The van der Waals surface area contributed by atoms with Gasteiger partial charge in [0.25, 0.3) is 0 Å². The van der Waals surface area contributed by atoms with Gasteiger partial charge in [0.05, 0.1) is 4.92 Å². The van der Waals surface area contributed by atoms with Crippen molar-refractivity contribution >= 4 is 16.3 Å². The first-order valence-corrected chi connectivity index (χ1v) is 6.93. The Balaban J connectivity index is 2.47. The topological polar surface area (TPSA) is 75.4 Å². The third-order valence-electron chi connectivity index (χ3n) is 3.46. The zero-order valence-electron chi connectivity index (χ0n) is 10.8. The highest BCUT2D eigenvalue weighted by atomic mass is 32.1. The van der Waals surface area contributed by atoms with Crippen LogP contribution in [0.4, 0.5) is 5.00 Å². The largest absolute Gasteiger partial charge is 0.396 e. The van der Waals surface area contributed by atoms with E-state index in [9.17, 15) is 15.2 Å². The molecule has 0 fully saturated rings. The molecule has 0 saturated heterocycles. The Bertz CT molecular complexity index is 380. The first kappa shape index (κ1) is 15.1. The van der Waals surface area contributed by atoms with Gasteiger partial charge in [-0.05, 0) is 18.9 Å². The molecule has 6 heteroatoms. The van der Waals surface area contributed by atoms with Crippen LogP contribution in [-0.4, -0.2) is 23.2 Å². The van der Waals surface area contributed by atoms with Crippen LogP contribution >= 0.6 is 11.3 Å². The molecule has 0 atom stereocenters. The second kappa shape index (κ2) is 6.82. The van der Waals surface area contributed by atoms with E-state index >= 15 is 0 Å². The van der Waals surface area contributed by atoms with Gasteiger partial charge in [-0.25, -0.2) is 0 Å². The number of hydrogen-bond donors (Lipinski definition) is 2. The van der Waals surface area contributed by atoms with Gasteiger partial charge >= 0.3 is 5.00 Å². The van der Waals surface area contributed by atoms with Crippen molar-refractivity contribution in [2.24, 2.45) is 5.41 Å². The zero-order valence-corrected chi connectivity index (χ0v) is 11.6. The monoisotopic (exact) mass is 272 g/mol. The molecule has 0 amide bonds. The maximum Gasteiger partial charge on any atom is 0.324 e. The summed E-state index contributed by atoms with van der Waals surface area (Å²) in [6.45, 7) is 5.63. The molecule has 0 aliphatic carbocycles. The van der Waals surface area contributed by atoms with Crippen molar-refractivity contribution in [3.63, 3.8) is 0 Å². The van der Waals surface area contributed by atoms with E-state index in [1.54, 1.807) is 6.07 Å². The smallest absolute Gasteiger partial charge is 0.324 e. The molecule has 0 aromatic carbocycles. The average molecular weight is 272 g/mol. The summed E-state index contributed by atoms with van der Waals surface area (Å²) in [7, 11) is 0. The molecular formula is C12H20N2O3S. The molecule has 0 unspecified atom stereocenters. The Morgan fingerprint density at radius 1 is 1.44 bits per heavy atom. The highest BCUT2D eigenvalue weighted by molar-refractivity contribution is 7.15. The molecular weight excluding hydrogens is 252 g/mol. The highest BCUT2D eigenvalue weighted by Gasteiger charge is 2.24. The molecule has 5 nitrogen and oxygen atoms in total. The molecule has 1 heterocycles. The molecule has 0 aliphatic heterocycles. The molecule has 0 saturated carbocycles. The minimum atomic E-state index is -0.371. The van der Waals surface area contributed by atoms with Gasteiger partial charge < -0.3 is 10.4 Å². The first-order valence-electron chi connectivity index (χ1n) is 6.11. The van der Waals surface area contributed by atoms with Crippen LogP contribution in [0.1, 0.15) is 31.6 Å². The van der Waals surface area contributed by atoms with Crippen LogP contribution in [0.3, 0.4) is 0 Å². The van der Waals surface area contributed by atoms with Crippen molar-refractivity contribution in [3.05, 3.63) is 27.1 Å². The lowest BCUT2D eigenvalue weighted by Gasteiger charge is -2.29. The number of aliphatic hydroxyl groups excluding tert-OH is 1. The van der Waals surface area contributed by atoms with E-state index in [1.165, 1.54) is 17.4 Å². The van der Waals surface area contributed by atoms with Gasteiger partial charge in [-0.1, -0.05) is 25.2 Å². The van der Waals surface area contributed by atoms with Gasteiger partial charge in [0.2, 0.25) is 0 Å². The standard InChI is InChI=1S/C12H20N2O3S/c1-3-12(4-2,9-15)8-13-7-10-5-6-11(18-10)14(16)17/h5-6,13,15H,3-4,7-9H2,1-2H3. The van der Waals surface area contributed by atoms with Crippen molar-refractivity contribution in [3.8, 4) is 0 Å². The SMILES string of the molecule is CCC(CC)(CO)CNCc1ccc([N+](=O)[O-])s1. The van der Waals surface area contributed by atoms with E-state index in [0.717, 1.165) is 24.3 Å². The molecule has 0 spiro atoms. The van der Waals surface area contributed by atoms with Gasteiger partial charge in [-0.15, -0.1) is 0 Å². The summed E-state index contributed by atoms with van der Waals surface area (Å²) < 4.78 is 0.